The van der Waals surface area contributed by atoms with E-state index in [1.807, 2.05) is 13.0 Å². The molecule has 3 N–H and O–H groups in total. The highest BCUT2D eigenvalue weighted by Gasteiger charge is 2.10. The van der Waals surface area contributed by atoms with Crippen molar-refractivity contribution in [3.63, 3.8) is 0 Å². The first-order valence-corrected chi connectivity index (χ1v) is 10.1. The molecule has 0 bridgehead atoms. The minimum atomic E-state index is -0.410. The first kappa shape index (κ1) is 21.1. The van der Waals surface area contributed by atoms with E-state index in [1.54, 1.807) is 71.7 Å². The van der Waals surface area contributed by atoms with Gasteiger partial charge in [-0.05, 0) is 61.5 Å². The van der Waals surface area contributed by atoms with Crippen LogP contribution in [0.3, 0.4) is 0 Å². The standard InChI is InChI=1S/C23H19ClN6O2/c1-15-11-19(9-10-25-15)27-22(31)16-3-2-4-21(12-16)30-14-20(13-26-30)29-23(32)28-18-7-5-17(24)6-8-18/h2-14H,1H3,(H,25,27,31)(H2,28,29,32). The second-order valence-corrected chi connectivity index (χ2v) is 7.39. The molecule has 0 spiro atoms. The second kappa shape index (κ2) is 9.32. The molecule has 3 amide bonds. The number of halogens is 1. The molecule has 0 saturated carbocycles. The van der Waals surface area contributed by atoms with Crippen molar-refractivity contribution in [2.75, 3.05) is 16.0 Å². The van der Waals surface area contributed by atoms with Gasteiger partial charge >= 0.3 is 6.03 Å². The molecule has 0 fully saturated rings. The Morgan fingerprint density at radius 1 is 0.906 bits per heavy atom. The highest BCUT2D eigenvalue weighted by atomic mass is 35.5. The third-order valence-corrected chi connectivity index (χ3v) is 4.72. The molecular formula is C23H19ClN6O2. The van der Waals surface area contributed by atoms with Crippen LogP contribution in [0.15, 0.2) is 79.3 Å². The Balaban J connectivity index is 1.43. The maximum absolute atomic E-state index is 12.6. The summed E-state index contributed by atoms with van der Waals surface area (Å²) in [5.74, 6) is -0.245. The lowest BCUT2D eigenvalue weighted by Crippen LogP contribution is -2.19. The minimum Gasteiger partial charge on any atom is -0.322 e. The van der Waals surface area contributed by atoms with Crippen molar-refractivity contribution >= 4 is 40.6 Å². The maximum Gasteiger partial charge on any atom is 0.323 e. The number of anilines is 3. The van der Waals surface area contributed by atoms with Gasteiger partial charge in [-0.25, -0.2) is 9.48 Å². The number of rotatable bonds is 5. The van der Waals surface area contributed by atoms with Crippen molar-refractivity contribution in [2.45, 2.75) is 6.92 Å². The van der Waals surface area contributed by atoms with E-state index >= 15 is 0 Å². The summed E-state index contributed by atoms with van der Waals surface area (Å²) >= 11 is 5.85. The van der Waals surface area contributed by atoms with Crippen LogP contribution < -0.4 is 16.0 Å². The minimum absolute atomic E-state index is 0.245. The summed E-state index contributed by atoms with van der Waals surface area (Å²) in [5.41, 5.74) is 3.75. The van der Waals surface area contributed by atoms with Crippen molar-refractivity contribution in [1.29, 1.82) is 0 Å². The molecule has 0 saturated heterocycles. The highest BCUT2D eigenvalue weighted by molar-refractivity contribution is 6.30. The molecule has 0 aliphatic carbocycles. The fraction of sp³-hybridized carbons (Fsp3) is 0.0435. The summed E-state index contributed by atoms with van der Waals surface area (Å²) in [6.07, 6.45) is 4.82. The lowest BCUT2D eigenvalue weighted by molar-refractivity contribution is 0.102. The molecule has 0 radical (unpaired) electrons. The van der Waals surface area contributed by atoms with E-state index in [4.69, 9.17) is 11.6 Å². The molecule has 0 aliphatic heterocycles. The number of urea groups is 1. The van der Waals surface area contributed by atoms with Crippen LogP contribution in [0.25, 0.3) is 5.69 Å². The van der Waals surface area contributed by atoms with Crippen LogP contribution in [-0.4, -0.2) is 26.7 Å². The van der Waals surface area contributed by atoms with Gasteiger partial charge in [0.1, 0.15) is 0 Å². The van der Waals surface area contributed by atoms with E-state index in [1.165, 1.54) is 6.20 Å². The molecule has 0 unspecified atom stereocenters. The van der Waals surface area contributed by atoms with Crippen molar-refractivity contribution < 1.29 is 9.59 Å². The maximum atomic E-state index is 12.6. The van der Waals surface area contributed by atoms with Crippen molar-refractivity contribution in [2.24, 2.45) is 0 Å². The third kappa shape index (κ3) is 5.30. The molecule has 2 heterocycles. The average Bonchev–Trinajstić information content (AvgIpc) is 3.24. The Morgan fingerprint density at radius 2 is 1.69 bits per heavy atom. The molecule has 8 nitrogen and oxygen atoms in total. The zero-order chi connectivity index (χ0) is 22.5. The number of benzene rings is 2. The Morgan fingerprint density at radius 3 is 2.47 bits per heavy atom. The molecule has 160 valence electrons. The summed E-state index contributed by atoms with van der Waals surface area (Å²) in [7, 11) is 0. The Hall–Kier alpha value is -4.17. The zero-order valence-corrected chi connectivity index (χ0v) is 17.8. The fourth-order valence-corrected chi connectivity index (χ4v) is 3.10. The van der Waals surface area contributed by atoms with E-state index in [-0.39, 0.29) is 5.91 Å². The molecule has 4 rings (SSSR count). The molecule has 2 aromatic carbocycles. The number of nitrogens with one attached hydrogen (secondary N) is 3. The van der Waals surface area contributed by atoms with Crippen LogP contribution in [0.2, 0.25) is 5.02 Å². The van der Waals surface area contributed by atoms with Gasteiger partial charge in [0, 0.05) is 33.9 Å². The first-order chi connectivity index (χ1) is 15.5. The number of aryl methyl sites for hydroxylation is 1. The Kier molecular flexibility index (Phi) is 6.14. The SMILES string of the molecule is Cc1cc(NC(=O)c2cccc(-n3cc(NC(=O)Nc4ccc(Cl)cc4)cn3)c2)ccn1. The first-order valence-electron chi connectivity index (χ1n) is 9.69. The number of carbonyl (C=O) groups excluding carboxylic acids is 2. The Labute approximate surface area is 189 Å². The van der Waals surface area contributed by atoms with Crippen LogP contribution in [-0.2, 0) is 0 Å². The normalized spacial score (nSPS) is 10.4. The van der Waals surface area contributed by atoms with Gasteiger partial charge < -0.3 is 16.0 Å². The quantitative estimate of drug-likeness (QED) is 0.395. The van der Waals surface area contributed by atoms with Gasteiger partial charge in [-0.1, -0.05) is 17.7 Å². The van der Waals surface area contributed by atoms with Gasteiger partial charge in [0.15, 0.2) is 0 Å². The Bertz CT molecular complexity index is 1270. The number of nitrogens with zero attached hydrogens (tertiary/aromatic N) is 3. The van der Waals surface area contributed by atoms with E-state index in [0.29, 0.717) is 33.3 Å². The molecule has 0 atom stereocenters. The summed E-state index contributed by atoms with van der Waals surface area (Å²) in [4.78, 5) is 28.9. The van der Waals surface area contributed by atoms with Crippen molar-refractivity contribution in [3.05, 3.63) is 95.5 Å². The van der Waals surface area contributed by atoms with E-state index < -0.39 is 6.03 Å². The summed E-state index contributed by atoms with van der Waals surface area (Å²) in [5, 5.41) is 13.1. The molecule has 4 aromatic rings. The number of hydrogen-bond donors (Lipinski definition) is 3. The average molecular weight is 447 g/mol. The van der Waals surface area contributed by atoms with Gasteiger partial charge in [0.05, 0.1) is 23.8 Å². The predicted molar refractivity (Wildman–Crippen MR) is 125 cm³/mol. The molecule has 0 aliphatic rings. The largest absolute Gasteiger partial charge is 0.323 e. The van der Waals surface area contributed by atoms with E-state index in [2.05, 4.69) is 26.0 Å². The number of pyridine rings is 1. The van der Waals surface area contributed by atoms with Gasteiger partial charge in [-0.2, -0.15) is 5.10 Å². The number of hydrogen-bond acceptors (Lipinski definition) is 4. The number of aromatic nitrogens is 3. The third-order valence-electron chi connectivity index (χ3n) is 4.47. The summed E-state index contributed by atoms with van der Waals surface area (Å²) in [6.45, 7) is 1.86. The van der Waals surface area contributed by atoms with Gasteiger partial charge in [0.25, 0.3) is 5.91 Å². The van der Waals surface area contributed by atoms with Crippen molar-refractivity contribution in [1.82, 2.24) is 14.8 Å². The smallest absolute Gasteiger partial charge is 0.322 e. The lowest BCUT2D eigenvalue weighted by atomic mass is 10.2. The topological polar surface area (TPSA) is 101 Å². The molecule has 9 heteroatoms. The molecule has 2 aromatic heterocycles. The lowest BCUT2D eigenvalue weighted by Gasteiger charge is -2.08. The van der Waals surface area contributed by atoms with Crippen LogP contribution in [0, 0.1) is 6.92 Å². The number of amides is 3. The predicted octanol–water partition coefficient (Wildman–Crippen LogP) is 5.13. The fourth-order valence-electron chi connectivity index (χ4n) is 2.97. The second-order valence-electron chi connectivity index (χ2n) is 6.95. The monoisotopic (exact) mass is 446 g/mol. The van der Waals surface area contributed by atoms with Gasteiger partial charge in [-0.15, -0.1) is 0 Å². The van der Waals surface area contributed by atoms with Gasteiger partial charge in [0.2, 0.25) is 0 Å². The van der Waals surface area contributed by atoms with Crippen LogP contribution in [0.5, 0.6) is 0 Å². The van der Waals surface area contributed by atoms with E-state index in [0.717, 1.165) is 5.69 Å². The van der Waals surface area contributed by atoms with E-state index in [9.17, 15) is 9.59 Å². The summed E-state index contributed by atoms with van der Waals surface area (Å²) < 4.78 is 1.57. The molecule has 32 heavy (non-hydrogen) atoms. The number of carbonyl (C=O) groups is 2. The summed E-state index contributed by atoms with van der Waals surface area (Å²) in [6, 6.07) is 16.9. The van der Waals surface area contributed by atoms with Crippen molar-refractivity contribution in [3.8, 4) is 5.69 Å². The highest BCUT2D eigenvalue weighted by Crippen LogP contribution is 2.17. The van der Waals surface area contributed by atoms with Gasteiger partial charge in [-0.3, -0.25) is 9.78 Å². The zero-order valence-electron chi connectivity index (χ0n) is 17.0. The van der Waals surface area contributed by atoms with Crippen LogP contribution in [0.4, 0.5) is 21.9 Å². The van der Waals surface area contributed by atoms with Crippen LogP contribution >= 0.6 is 11.6 Å². The van der Waals surface area contributed by atoms with Crippen LogP contribution in [0.1, 0.15) is 16.1 Å². The molecular weight excluding hydrogens is 428 g/mol.